The maximum absolute atomic E-state index is 11.3. The van der Waals surface area contributed by atoms with Gasteiger partial charge in [0.05, 0.1) is 16.6 Å². The van der Waals surface area contributed by atoms with Gasteiger partial charge in [0.1, 0.15) is 0 Å². The molecule has 0 spiro atoms. The van der Waals surface area contributed by atoms with Crippen LogP contribution in [0.15, 0.2) is 18.2 Å². The van der Waals surface area contributed by atoms with Crippen molar-refractivity contribution >= 4 is 17.3 Å². The number of nitrogens with zero attached hydrogens (tertiary/aromatic N) is 1. The number of nitro benzene ring substituents is 1. The zero-order chi connectivity index (χ0) is 14.6. The van der Waals surface area contributed by atoms with E-state index in [1.807, 2.05) is 0 Å². The highest BCUT2D eigenvalue weighted by Gasteiger charge is 2.16. The third-order valence-corrected chi connectivity index (χ3v) is 2.63. The molecule has 1 aromatic rings. The van der Waals surface area contributed by atoms with Crippen LogP contribution in [0, 0.1) is 10.1 Å². The first-order valence-electron chi connectivity index (χ1n) is 5.58. The van der Waals surface area contributed by atoms with Crippen LogP contribution in [-0.2, 0) is 0 Å². The van der Waals surface area contributed by atoms with Crippen molar-refractivity contribution in [3.8, 4) is 0 Å². The molecular weight excluding hydrogens is 252 g/mol. The topological polar surface area (TPSA) is 145 Å². The van der Waals surface area contributed by atoms with Gasteiger partial charge in [0.15, 0.2) is 0 Å². The Morgan fingerprint density at radius 3 is 2.68 bits per heavy atom. The fourth-order valence-corrected chi connectivity index (χ4v) is 1.40. The van der Waals surface area contributed by atoms with E-state index in [9.17, 15) is 20.0 Å². The first-order valence-corrected chi connectivity index (χ1v) is 5.58. The predicted octanol–water partition coefficient (Wildman–Crippen LogP) is -0.186. The number of carbonyl (C=O) groups is 1. The molecule has 0 aliphatic carbocycles. The van der Waals surface area contributed by atoms with Gasteiger partial charge < -0.3 is 21.9 Å². The Bertz CT molecular complexity index is 490. The lowest BCUT2D eigenvalue weighted by Crippen LogP contribution is -2.39. The van der Waals surface area contributed by atoms with Gasteiger partial charge in [-0.25, -0.2) is 0 Å². The Kier molecular flexibility index (Phi) is 4.79. The number of benzene rings is 1. The summed E-state index contributed by atoms with van der Waals surface area (Å²) in [5.74, 6) is -0.781. The van der Waals surface area contributed by atoms with Gasteiger partial charge in [0.25, 0.3) is 11.6 Å². The van der Waals surface area contributed by atoms with Crippen LogP contribution in [0.1, 0.15) is 17.3 Å². The molecule has 0 aliphatic heterocycles. The van der Waals surface area contributed by atoms with E-state index in [1.54, 1.807) is 0 Å². The average molecular weight is 268 g/mol. The van der Waals surface area contributed by atoms with Gasteiger partial charge in [-0.3, -0.25) is 14.9 Å². The fraction of sp³-hybridized carbons (Fsp3) is 0.364. The standard InChI is InChI=1S/C11H16N4O4/c1-6(16)9(12)5-14-10-3-2-7(15(18)19)4-8(10)11(13)17/h2-4,6,9,14,16H,5,12H2,1H3,(H2,13,17). The van der Waals surface area contributed by atoms with E-state index in [1.165, 1.54) is 19.1 Å². The maximum atomic E-state index is 11.3. The van der Waals surface area contributed by atoms with E-state index < -0.39 is 23.0 Å². The van der Waals surface area contributed by atoms with Gasteiger partial charge in [0.2, 0.25) is 0 Å². The molecule has 2 unspecified atom stereocenters. The molecule has 8 nitrogen and oxygen atoms in total. The minimum Gasteiger partial charge on any atom is -0.392 e. The predicted molar refractivity (Wildman–Crippen MR) is 69.8 cm³/mol. The highest BCUT2D eigenvalue weighted by molar-refractivity contribution is 5.99. The zero-order valence-electron chi connectivity index (χ0n) is 10.4. The van der Waals surface area contributed by atoms with Crippen LogP contribution in [0.25, 0.3) is 0 Å². The minimum absolute atomic E-state index is 0.00647. The van der Waals surface area contributed by atoms with E-state index >= 15 is 0 Å². The Morgan fingerprint density at radius 2 is 2.21 bits per heavy atom. The molecule has 2 atom stereocenters. The molecule has 0 fully saturated rings. The number of primary amides is 1. The second kappa shape index (κ2) is 6.12. The van der Waals surface area contributed by atoms with Crippen LogP contribution in [0.5, 0.6) is 0 Å². The van der Waals surface area contributed by atoms with Crippen molar-refractivity contribution in [3.05, 3.63) is 33.9 Å². The number of nitrogens with two attached hydrogens (primary N) is 2. The van der Waals surface area contributed by atoms with Crippen LogP contribution in [0.3, 0.4) is 0 Å². The number of hydrogen-bond donors (Lipinski definition) is 4. The largest absolute Gasteiger partial charge is 0.392 e. The number of hydrogen-bond acceptors (Lipinski definition) is 6. The molecule has 0 bridgehead atoms. The Labute approximate surface area is 109 Å². The summed E-state index contributed by atoms with van der Waals surface area (Å²) in [6.45, 7) is 1.74. The minimum atomic E-state index is -0.781. The number of anilines is 1. The lowest BCUT2D eigenvalue weighted by atomic mass is 10.1. The van der Waals surface area contributed by atoms with Crippen molar-refractivity contribution in [2.45, 2.75) is 19.1 Å². The van der Waals surface area contributed by atoms with Crippen molar-refractivity contribution < 1.29 is 14.8 Å². The molecule has 0 saturated heterocycles. The van der Waals surface area contributed by atoms with Gasteiger partial charge >= 0.3 is 0 Å². The quantitative estimate of drug-likeness (QED) is 0.416. The molecule has 8 heteroatoms. The molecule has 0 radical (unpaired) electrons. The smallest absolute Gasteiger partial charge is 0.270 e. The number of nitrogens with one attached hydrogen (secondary N) is 1. The van der Waals surface area contributed by atoms with Crippen LogP contribution in [0.4, 0.5) is 11.4 Å². The van der Waals surface area contributed by atoms with E-state index in [4.69, 9.17) is 11.5 Å². The number of aliphatic hydroxyl groups excluding tert-OH is 1. The summed E-state index contributed by atoms with van der Waals surface area (Å²) in [7, 11) is 0. The molecule has 6 N–H and O–H groups in total. The molecule has 104 valence electrons. The van der Waals surface area contributed by atoms with Gasteiger partial charge in [-0.15, -0.1) is 0 Å². The van der Waals surface area contributed by atoms with Gasteiger partial charge in [0, 0.05) is 30.4 Å². The molecule has 0 aliphatic rings. The maximum Gasteiger partial charge on any atom is 0.270 e. The molecule has 19 heavy (non-hydrogen) atoms. The SMILES string of the molecule is CC(O)C(N)CNc1ccc([N+](=O)[O-])cc1C(N)=O. The van der Waals surface area contributed by atoms with E-state index in [0.29, 0.717) is 5.69 Å². The third-order valence-electron chi connectivity index (χ3n) is 2.63. The Hall–Kier alpha value is -2.19. The number of nitro groups is 1. The Balaban J connectivity index is 2.94. The second-order valence-corrected chi connectivity index (χ2v) is 4.14. The highest BCUT2D eigenvalue weighted by atomic mass is 16.6. The van der Waals surface area contributed by atoms with E-state index in [2.05, 4.69) is 5.32 Å². The number of amides is 1. The summed E-state index contributed by atoms with van der Waals surface area (Å²) in [6.07, 6.45) is -0.720. The van der Waals surface area contributed by atoms with Crippen molar-refractivity contribution in [2.75, 3.05) is 11.9 Å². The number of aliphatic hydroxyl groups is 1. The average Bonchev–Trinajstić information content (AvgIpc) is 2.35. The van der Waals surface area contributed by atoms with E-state index in [0.717, 1.165) is 6.07 Å². The molecule has 0 heterocycles. The lowest BCUT2D eigenvalue weighted by Gasteiger charge is -2.17. The summed E-state index contributed by atoms with van der Waals surface area (Å²) < 4.78 is 0. The molecule has 0 aromatic heterocycles. The number of carbonyl (C=O) groups excluding carboxylic acids is 1. The Morgan fingerprint density at radius 1 is 1.58 bits per heavy atom. The van der Waals surface area contributed by atoms with Crippen molar-refractivity contribution in [1.29, 1.82) is 0 Å². The van der Waals surface area contributed by atoms with Crippen LogP contribution in [0.2, 0.25) is 0 Å². The van der Waals surface area contributed by atoms with Gasteiger partial charge in [-0.2, -0.15) is 0 Å². The van der Waals surface area contributed by atoms with Crippen LogP contribution < -0.4 is 16.8 Å². The summed E-state index contributed by atoms with van der Waals surface area (Å²) >= 11 is 0. The fourth-order valence-electron chi connectivity index (χ4n) is 1.40. The molecule has 1 aromatic carbocycles. The van der Waals surface area contributed by atoms with Gasteiger partial charge in [-0.1, -0.05) is 0 Å². The molecule has 1 rings (SSSR count). The van der Waals surface area contributed by atoms with Crippen LogP contribution in [-0.4, -0.2) is 34.6 Å². The molecule has 0 saturated carbocycles. The highest BCUT2D eigenvalue weighted by Crippen LogP contribution is 2.21. The first kappa shape index (κ1) is 14.9. The summed E-state index contributed by atoms with van der Waals surface area (Å²) in [4.78, 5) is 21.3. The second-order valence-electron chi connectivity index (χ2n) is 4.14. The number of non-ortho nitro benzene ring substituents is 1. The summed E-state index contributed by atoms with van der Waals surface area (Å²) in [5.41, 5.74) is 10.9. The number of rotatable bonds is 6. The van der Waals surface area contributed by atoms with Crippen molar-refractivity contribution in [1.82, 2.24) is 0 Å². The molecule has 1 amide bonds. The van der Waals surface area contributed by atoms with Crippen molar-refractivity contribution in [2.24, 2.45) is 11.5 Å². The normalized spacial score (nSPS) is 13.6. The first-order chi connectivity index (χ1) is 8.82. The zero-order valence-corrected chi connectivity index (χ0v) is 10.4. The lowest BCUT2D eigenvalue weighted by molar-refractivity contribution is -0.384. The summed E-state index contributed by atoms with van der Waals surface area (Å²) in [6, 6.07) is 3.20. The van der Waals surface area contributed by atoms with Crippen molar-refractivity contribution in [3.63, 3.8) is 0 Å². The van der Waals surface area contributed by atoms with Gasteiger partial charge in [-0.05, 0) is 13.0 Å². The van der Waals surface area contributed by atoms with E-state index in [-0.39, 0.29) is 17.8 Å². The third kappa shape index (κ3) is 3.90. The summed E-state index contributed by atoms with van der Waals surface area (Å²) in [5, 5.41) is 22.7. The van der Waals surface area contributed by atoms with Crippen LogP contribution >= 0.6 is 0 Å². The monoisotopic (exact) mass is 268 g/mol. The molecular formula is C11H16N4O4.